The van der Waals surface area contributed by atoms with E-state index in [-0.39, 0.29) is 0 Å². The van der Waals surface area contributed by atoms with E-state index in [1.165, 1.54) is 12.1 Å². The number of hydrogen-bond acceptors (Lipinski definition) is 2. The lowest BCUT2D eigenvalue weighted by Gasteiger charge is -2.12. The van der Waals surface area contributed by atoms with Gasteiger partial charge in [0.15, 0.2) is 5.85 Å². The van der Waals surface area contributed by atoms with Gasteiger partial charge in [0.1, 0.15) is 5.82 Å². The Morgan fingerprint density at radius 1 is 1.31 bits per heavy atom. The molecule has 0 aliphatic carbocycles. The summed E-state index contributed by atoms with van der Waals surface area (Å²) >= 11 is 0. The van der Waals surface area contributed by atoms with Gasteiger partial charge in [0.25, 0.3) is 0 Å². The Morgan fingerprint density at radius 2 is 1.85 bits per heavy atom. The first-order valence-electron chi connectivity index (χ1n) is 3.40. The van der Waals surface area contributed by atoms with E-state index in [9.17, 15) is 8.96 Å². The van der Waals surface area contributed by atoms with Crippen LogP contribution in [0, 0.1) is 5.82 Å². The summed E-state index contributed by atoms with van der Waals surface area (Å²) in [5.41, 5.74) is -0.393. The zero-order valence-corrected chi connectivity index (χ0v) is 7.36. The maximum absolute atomic E-state index is 12.9. The molecule has 0 radical (unpaired) electrons. The van der Waals surface area contributed by atoms with Gasteiger partial charge in [-0.2, -0.15) is 0 Å². The summed E-state index contributed by atoms with van der Waals surface area (Å²) in [6, 6.07) is 4.90. The highest BCUT2D eigenvalue weighted by Crippen LogP contribution is 2.50. The molecule has 1 aromatic rings. The molecule has 72 valence electrons. The van der Waals surface area contributed by atoms with Crippen LogP contribution in [0.1, 0.15) is 11.4 Å². The van der Waals surface area contributed by atoms with Crippen molar-refractivity contribution in [3.8, 4) is 0 Å². The summed E-state index contributed by atoms with van der Waals surface area (Å²) in [4.78, 5) is 17.1. The predicted molar refractivity (Wildman–Crippen MR) is 43.4 cm³/mol. The summed E-state index contributed by atoms with van der Waals surface area (Å²) in [6.07, 6.45) is 0. The van der Waals surface area contributed by atoms with Crippen LogP contribution in [0.2, 0.25) is 0 Å². The Kier molecular flexibility index (Phi) is 2.83. The highest BCUT2D eigenvalue weighted by Gasteiger charge is 2.29. The van der Waals surface area contributed by atoms with Crippen molar-refractivity contribution in [2.45, 2.75) is 5.85 Å². The first kappa shape index (κ1) is 10.3. The van der Waals surface area contributed by atoms with Crippen LogP contribution in [0.4, 0.5) is 4.39 Å². The molecule has 0 saturated carbocycles. The molecule has 1 atom stereocenters. The van der Waals surface area contributed by atoms with Crippen LogP contribution >= 0.6 is 7.60 Å². The number of halogens is 1. The second-order valence-electron chi connectivity index (χ2n) is 2.48. The van der Waals surface area contributed by atoms with Crippen LogP contribution in [0.3, 0.4) is 0 Å². The number of hydrogen-bond donors (Lipinski definition) is 3. The molecule has 0 aromatic heterocycles. The monoisotopic (exact) mass is 206 g/mol. The van der Waals surface area contributed by atoms with E-state index in [2.05, 4.69) is 0 Å². The molecule has 0 saturated heterocycles. The summed E-state index contributed by atoms with van der Waals surface area (Å²) < 4.78 is 23.4. The highest BCUT2D eigenvalue weighted by atomic mass is 31.2. The van der Waals surface area contributed by atoms with Crippen LogP contribution in [0.25, 0.3) is 0 Å². The zero-order valence-electron chi connectivity index (χ0n) is 6.46. The van der Waals surface area contributed by atoms with Crippen LogP contribution < -0.4 is 0 Å². The molecule has 13 heavy (non-hydrogen) atoms. The van der Waals surface area contributed by atoms with Crippen molar-refractivity contribution in [1.82, 2.24) is 0 Å². The van der Waals surface area contributed by atoms with Crippen LogP contribution in [0.15, 0.2) is 24.3 Å². The molecule has 0 spiro atoms. The normalized spacial score (nSPS) is 14.2. The van der Waals surface area contributed by atoms with Gasteiger partial charge in [-0.1, -0.05) is 18.2 Å². The summed E-state index contributed by atoms with van der Waals surface area (Å²) in [5.74, 6) is -2.92. The summed E-state index contributed by atoms with van der Waals surface area (Å²) in [5, 5.41) is 9.03. The van der Waals surface area contributed by atoms with E-state index in [0.717, 1.165) is 12.1 Å². The van der Waals surface area contributed by atoms with Crippen molar-refractivity contribution in [1.29, 1.82) is 0 Å². The van der Waals surface area contributed by atoms with Gasteiger partial charge in [0, 0.05) is 5.56 Å². The summed E-state index contributed by atoms with van der Waals surface area (Å²) in [7, 11) is -4.69. The maximum Gasteiger partial charge on any atom is 0.358 e. The Bertz CT molecular complexity index is 348. The lowest BCUT2D eigenvalue weighted by molar-refractivity contribution is 0.201. The topological polar surface area (TPSA) is 77.8 Å². The average Bonchev–Trinajstić information content (AvgIpc) is 2.02. The van der Waals surface area contributed by atoms with Gasteiger partial charge in [0.2, 0.25) is 0 Å². The van der Waals surface area contributed by atoms with Crippen LogP contribution in [-0.4, -0.2) is 14.9 Å². The van der Waals surface area contributed by atoms with E-state index in [1.807, 2.05) is 0 Å². The number of rotatable bonds is 2. The fourth-order valence-corrected chi connectivity index (χ4v) is 1.44. The molecule has 6 heteroatoms. The SMILES string of the molecule is O=P(O)(O)[C@@H](O)c1ccccc1F. The minimum Gasteiger partial charge on any atom is -0.376 e. The third-order valence-corrected chi connectivity index (χ3v) is 2.42. The van der Waals surface area contributed by atoms with Crippen molar-refractivity contribution < 1.29 is 23.8 Å². The first-order chi connectivity index (χ1) is 5.93. The van der Waals surface area contributed by atoms with Crippen molar-refractivity contribution in [2.75, 3.05) is 0 Å². The van der Waals surface area contributed by atoms with Crippen molar-refractivity contribution in [3.05, 3.63) is 35.6 Å². The first-order valence-corrected chi connectivity index (χ1v) is 5.09. The molecule has 0 heterocycles. The van der Waals surface area contributed by atoms with E-state index in [4.69, 9.17) is 14.9 Å². The molecule has 4 nitrogen and oxygen atoms in total. The standard InChI is InChI=1S/C7H8FO4P/c8-6-4-2-1-3-5(6)7(9)13(10,11)12/h1-4,7,9H,(H2,10,11,12)/t7-/m1/s1. The van der Waals surface area contributed by atoms with Crippen LogP contribution in [-0.2, 0) is 4.57 Å². The van der Waals surface area contributed by atoms with Gasteiger partial charge in [-0.25, -0.2) is 4.39 Å². The Balaban J connectivity index is 3.09. The molecule has 0 amide bonds. The fraction of sp³-hybridized carbons (Fsp3) is 0.143. The molecule has 0 bridgehead atoms. The van der Waals surface area contributed by atoms with Gasteiger partial charge >= 0.3 is 7.60 Å². The fourth-order valence-electron chi connectivity index (χ4n) is 0.866. The average molecular weight is 206 g/mol. The largest absolute Gasteiger partial charge is 0.376 e. The second-order valence-corrected chi connectivity index (χ2v) is 4.15. The summed E-state index contributed by atoms with van der Waals surface area (Å²) in [6.45, 7) is 0. The maximum atomic E-state index is 12.9. The molecule has 0 fully saturated rings. The van der Waals surface area contributed by atoms with Crippen molar-refractivity contribution >= 4 is 7.60 Å². The van der Waals surface area contributed by atoms with E-state index >= 15 is 0 Å². The van der Waals surface area contributed by atoms with Gasteiger partial charge in [-0.3, -0.25) is 4.57 Å². The third kappa shape index (κ3) is 2.35. The van der Waals surface area contributed by atoms with Gasteiger partial charge in [0.05, 0.1) is 0 Å². The highest BCUT2D eigenvalue weighted by molar-refractivity contribution is 7.51. The van der Waals surface area contributed by atoms with Crippen LogP contribution in [0.5, 0.6) is 0 Å². The second kappa shape index (κ2) is 3.55. The zero-order chi connectivity index (χ0) is 10.1. The predicted octanol–water partition coefficient (Wildman–Crippen LogP) is 0.994. The third-order valence-electron chi connectivity index (χ3n) is 1.50. The Morgan fingerprint density at radius 3 is 2.31 bits per heavy atom. The van der Waals surface area contributed by atoms with E-state index in [1.54, 1.807) is 0 Å². The Hall–Kier alpha value is -0.740. The number of aliphatic hydroxyl groups is 1. The molecule has 3 N–H and O–H groups in total. The number of benzene rings is 1. The quantitative estimate of drug-likeness (QED) is 0.630. The molecule has 0 aliphatic rings. The number of aliphatic hydroxyl groups excluding tert-OH is 1. The Labute approximate surface area is 73.8 Å². The van der Waals surface area contributed by atoms with E-state index in [0.29, 0.717) is 0 Å². The molecule has 1 rings (SSSR count). The molecular weight excluding hydrogens is 198 g/mol. The molecule has 0 aliphatic heterocycles. The lowest BCUT2D eigenvalue weighted by Crippen LogP contribution is -2.00. The molecular formula is C7H8FO4P. The van der Waals surface area contributed by atoms with Gasteiger partial charge < -0.3 is 14.9 Å². The smallest absolute Gasteiger partial charge is 0.358 e. The van der Waals surface area contributed by atoms with E-state index < -0.39 is 24.8 Å². The van der Waals surface area contributed by atoms with Crippen molar-refractivity contribution in [3.63, 3.8) is 0 Å². The minimum atomic E-state index is -4.69. The van der Waals surface area contributed by atoms with Gasteiger partial charge in [-0.15, -0.1) is 0 Å². The minimum absolute atomic E-state index is 0.393. The lowest BCUT2D eigenvalue weighted by atomic mass is 10.2. The molecule has 1 aromatic carbocycles. The van der Waals surface area contributed by atoms with Gasteiger partial charge in [-0.05, 0) is 6.07 Å². The molecule has 0 unspecified atom stereocenters. The van der Waals surface area contributed by atoms with Crippen molar-refractivity contribution in [2.24, 2.45) is 0 Å².